The molecule has 0 bridgehead atoms. The number of likely N-dealkylation sites (tertiary alicyclic amines) is 1. The summed E-state index contributed by atoms with van der Waals surface area (Å²) in [6, 6.07) is 16.1. The molecule has 4 aromatic rings. The minimum Gasteiger partial charge on any atom is -0.507 e. The molecule has 0 saturated carbocycles. The molecule has 0 unspecified atom stereocenters. The van der Waals surface area contributed by atoms with E-state index in [2.05, 4.69) is 4.90 Å². The molecule has 34 heavy (non-hydrogen) atoms. The standard InChI is InChI=1S/C26H22Cl3N3O2/c27-18-4-5-20-24(7-10-32(34)25(20)13-18)30-19-11-17(15-31-8-1-2-9-31)26(33)21(14-19)16-3-6-22(28)23(29)12-16/h3-7,10-14,33-34H,1-2,8-9,15H2. The molecular weight excluding hydrogens is 493 g/mol. The van der Waals surface area contributed by atoms with Crippen LogP contribution >= 0.6 is 34.8 Å². The zero-order valence-corrected chi connectivity index (χ0v) is 20.4. The summed E-state index contributed by atoms with van der Waals surface area (Å²) < 4.78 is 1.02. The Kier molecular flexibility index (Phi) is 6.45. The SMILES string of the molecule is Oc1c(CN2CCCC2)cc(N=c2ccn(O)c3cc(Cl)ccc23)cc1-c1ccc(Cl)c(Cl)c1. The van der Waals surface area contributed by atoms with Crippen molar-refractivity contribution in [2.75, 3.05) is 13.1 Å². The highest BCUT2D eigenvalue weighted by molar-refractivity contribution is 6.42. The molecule has 2 heterocycles. The molecule has 3 aromatic carbocycles. The van der Waals surface area contributed by atoms with Crippen molar-refractivity contribution in [3.63, 3.8) is 0 Å². The van der Waals surface area contributed by atoms with Crippen LogP contribution in [0.5, 0.6) is 5.75 Å². The van der Waals surface area contributed by atoms with Crippen LogP contribution in [-0.4, -0.2) is 33.0 Å². The van der Waals surface area contributed by atoms with Crippen LogP contribution in [0.3, 0.4) is 0 Å². The van der Waals surface area contributed by atoms with Gasteiger partial charge in [0.05, 0.1) is 26.6 Å². The second kappa shape index (κ2) is 9.51. The Labute approximate surface area is 212 Å². The van der Waals surface area contributed by atoms with Gasteiger partial charge in [-0.2, -0.15) is 4.73 Å². The topological polar surface area (TPSA) is 61.0 Å². The Hall–Kier alpha value is -2.70. The van der Waals surface area contributed by atoms with Crippen LogP contribution in [0.1, 0.15) is 18.4 Å². The van der Waals surface area contributed by atoms with Gasteiger partial charge in [0.2, 0.25) is 0 Å². The molecule has 1 fully saturated rings. The van der Waals surface area contributed by atoms with Crippen LogP contribution in [0.4, 0.5) is 5.69 Å². The Morgan fingerprint density at radius 2 is 1.68 bits per heavy atom. The molecule has 0 spiro atoms. The summed E-state index contributed by atoms with van der Waals surface area (Å²) in [4.78, 5) is 7.21. The summed E-state index contributed by atoms with van der Waals surface area (Å²) in [7, 11) is 0. The highest BCUT2D eigenvalue weighted by Crippen LogP contribution is 2.39. The van der Waals surface area contributed by atoms with Gasteiger partial charge >= 0.3 is 0 Å². The number of halogens is 3. The van der Waals surface area contributed by atoms with Gasteiger partial charge in [0.15, 0.2) is 0 Å². The lowest BCUT2D eigenvalue weighted by Gasteiger charge is -2.18. The predicted molar refractivity (Wildman–Crippen MR) is 137 cm³/mol. The fourth-order valence-corrected chi connectivity index (χ4v) is 4.85. The smallest absolute Gasteiger partial charge is 0.128 e. The molecular formula is C26H22Cl3N3O2. The first kappa shape index (κ1) is 23.1. The lowest BCUT2D eigenvalue weighted by molar-refractivity contribution is 0.198. The Morgan fingerprint density at radius 1 is 0.882 bits per heavy atom. The van der Waals surface area contributed by atoms with Gasteiger partial charge in [-0.25, -0.2) is 4.99 Å². The van der Waals surface area contributed by atoms with Crippen molar-refractivity contribution in [2.45, 2.75) is 19.4 Å². The third-order valence-corrected chi connectivity index (χ3v) is 7.08. The third-order valence-electron chi connectivity index (χ3n) is 6.10. The number of rotatable bonds is 4. The van der Waals surface area contributed by atoms with Crippen molar-refractivity contribution in [1.29, 1.82) is 0 Å². The number of aromatic hydroxyl groups is 1. The molecule has 0 atom stereocenters. The van der Waals surface area contributed by atoms with E-state index >= 15 is 0 Å². The van der Waals surface area contributed by atoms with Crippen LogP contribution in [0, 0.1) is 0 Å². The van der Waals surface area contributed by atoms with Crippen molar-refractivity contribution in [1.82, 2.24) is 9.63 Å². The predicted octanol–water partition coefficient (Wildman–Crippen LogP) is 7.04. The van der Waals surface area contributed by atoms with Crippen molar-refractivity contribution in [3.05, 3.63) is 86.8 Å². The molecule has 2 N–H and O–H groups in total. The summed E-state index contributed by atoms with van der Waals surface area (Å²) in [6.07, 6.45) is 3.84. The fourth-order valence-electron chi connectivity index (χ4n) is 4.39. The number of aromatic nitrogens is 1. The second-order valence-corrected chi connectivity index (χ2v) is 9.68. The Balaban J connectivity index is 1.70. The molecule has 1 aromatic heterocycles. The van der Waals surface area contributed by atoms with Crippen molar-refractivity contribution in [2.24, 2.45) is 4.99 Å². The molecule has 5 rings (SSSR count). The number of hydrogen-bond acceptors (Lipinski definition) is 4. The molecule has 1 saturated heterocycles. The summed E-state index contributed by atoms with van der Waals surface area (Å²) in [6.45, 7) is 2.64. The largest absolute Gasteiger partial charge is 0.507 e. The zero-order chi connectivity index (χ0) is 23.8. The van der Waals surface area contributed by atoms with Crippen LogP contribution < -0.4 is 5.36 Å². The number of phenols is 1. The number of nitrogens with zero attached hydrogens (tertiary/aromatic N) is 3. The van der Waals surface area contributed by atoms with E-state index in [1.165, 1.54) is 6.20 Å². The van der Waals surface area contributed by atoms with Gasteiger partial charge in [-0.05, 0) is 80.0 Å². The van der Waals surface area contributed by atoms with Crippen molar-refractivity contribution in [3.8, 4) is 16.9 Å². The van der Waals surface area contributed by atoms with E-state index in [9.17, 15) is 10.3 Å². The normalized spacial score (nSPS) is 14.9. The second-order valence-electron chi connectivity index (χ2n) is 8.43. The highest BCUT2D eigenvalue weighted by atomic mass is 35.5. The minimum absolute atomic E-state index is 0.210. The average molecular weight is 515 g/mol. The average Bonchev–Trinajstić information content (AvgIpc) is 3.33. The van der Waals surface area contributed by atoms with E-state index in [1.807, 2.05) is 24.3 Å². The van der Waals surface area contributed by atoms with Gasteiger partial charge in [0.25, 0.3) is 0 Å². The van der Waals surface area contributed by atoms with Crippen LogP contribution in [-0.2, 0) is 6.54 Å². The van der Waals surface area contributed by atoms with Gasteiger partial charge in [-0.3, -0.25) is 4.90 Å². The van der Waals surface area contributed by atoms with Gasteiger partial charge < -0.3 is 10.3 Å². The quantitative estimate of drug-likeness (QED) is 0.287. The summed E-state index contributed by atoms with van der Waals surface area (Å²) in [5, 5.41) is 24.2. The minimum atomic E-state index is 0.210. The highest BCUT2D eigenvalue weighted by Gasteiger charge is 2.18. The first-order chi connectivity index (χ1) is 16.4. The lowest BCUT2D eigenvalue weighted by atomic mass is 10.00. The van der Waals surface area contributed by atoms with Crippen molar-refractivity contribution >= 4 is 51.4 Å². The van der Waals surface area contributed by atoms with Crippen LogP contribution in [0.2, 0.25) is 15.1 Å². The fraction of sp³-hybridized carbons (Fsp3) is 0.192. The Bertz CT molecular complexity index is 1460. The maximum absolute atomic E-state index is 11.2. The molecule has 1 aliphatic rings. The summed E-state index contributed by atoms with van der Waals surface area (Å²) in [5.41, 5.74) is 3.42. The van der Waals surface area contributed by atoms with Crippen molar-refractivity contribution < 1.29 is 10.3 Å². The molecule has 1 aliphatic heterocycles. The zero-order valence-electron chi connectivity index (χ0n) is 18.2. The lowest BCUT2D eigenvalue weighted by Crippen LogP contribution is -2.18. The van der Waals surface area contributed by atoms with Gasteiger partial charge in [-0.1, -0.05) is 40.9 Å². The number of fused-ring (bicyclic) bond motifs is 1. The van der Waals surface area contributed by atoms with Gasteiger partial charge in [0, 0.05) is 34.3 Å². The molecule has 8 heteroatoms. The maximum Gasteiger partial charge on any atom is 0.128 e. The number of phenolic OH excluding ortho intramolecular Hbond substituents is 1. The number of pyridine rings is 1. The first-order valence-corrected chi connectivity index (χ1v) is 12.1. The van der Waals surface area contributed by atoms with E-state index in [0.29, 0.717) is 43.7 Å². The molecule has 0 radical (unpaired) electrons. The summed E-state index contributed by atoms with van der Waals surface area (Å²) >= 11 is 18.5. The van der Waals surface area contributed by atoms with E-state index in [-0.39, 0.29) is 5.75 Å². The van der Waals surface area contributed by atoms with E-state index in [4.69, 9.17) is 39.8 Å². The molecule has 5 nitrogen and oxygen atoms in total. The van der Waals surface area contributed by atoms with Crippen LogP contribution in [0.15, 0.2) is 65.8 Å². The number of benzene rings is 3. The molecule has 174 valence electrons. The van der Waals surface area contributed by atoms with Crippen LogP contribution in [0.25, 0.3) is 22.0 Å². The molecule has 0 amide bonds. The third kappa shape index (κ3) is 4.62. The summed E-state index contributed by atoms with van der Waals surface area (Å²) in [5.74, 6) is 0.210. The monoisotopic (exact) mass is 513 g/mol. The van der Waals surface area contributed by atoms with E-state index in [0.717, 1.165) is 47.2 Å². The first-order valence-electron chi connectivity index (χ1n) is 11.0. The molecule has 0 aliphatic carbocycles. The Morgan fingerprint density at radius 3 is 2.44 bits per heavy atom. The van der Waals surface area contributed by atoms with Gasteiger partial charge in [-0.15, -0.1) is 0 Å². The van der Waals surface area contributed by atoms with E-state index in [1.54, 1.807) is 30.3 Å². The van der Waals surface area contributed by atoms with Gasteiger partial charge in [0.1, 0.15) is 5.75 Å². The van der Waals surface area contributed by atoms with E-state index < -0.39 is 0 Å². The maximum atomic E-state index is 11.2. The number of hydrogen-bond donors (Lipinski definition) is 2.